The normalized spacial score (nSPS) is 17.7. The first-order valence-electron chi connectivity index (χ1n) is 7.78. The van der Waals surface area contributed by atoms with Crippen LogP contribution >= 0.6 is 11.8 Å². The molecule has 1 unspecified atom stereocenters. The van der Waals surface area contributed by atoms with E-state index in [0.29, 0.717) is 17.9 Å². The number of nitrogens with zero attached hydrogens (tertiary/aromatic N) is 3. The van der Waals surface area contributed by atoms with Gasteiger partial charge in [-0.3, -0.25) is 9.59 Å². The van der Waals surface area contributed by atoms with Crippen molar-refractivity contribution in [3.05, 3.63) is 47.8 Å². The van der Waals surface area contributed by atoms with Gasteiger partial charge in [0, 0.05) is 18.1 Å². The fraction of sp³-hybridized carbons (Fsp3) is 0.353. The summed E-state index contributed by atoms with van der Waals surface area (Å²) in [6.45, 7) is 2.43. The predicted molar refractivity (Wildman–Crippen MR) is 92.7 cm³/mol. The predicted octanol–water partition coefficient (Wildman–Crippen LogP) is 2.21. The number of aromatic nitrogens is 2. The third-order valence-electron chi connectivity index (χ3n) is 4.14. The highest BCUT2D eigenvalue weighted by Gasteiger charge is 2.31. The third-order valence-corrected chi connectivity index (χ3v) is 5.23. The summed E-state index contributed by atoms with van der Waals surface area (Å²) in [5, 5.41) is 13.4. The summed E-state index contributed by atoms with van der Waals surface area (Å²) in [4.78, 5) is 25.7. The Bertz CT molecular complexity index is 745. The van der Waals surface area contributed by atoms with Crippen molar-refractivity contribution >= 4 is 23.6 Å². The van der Waals surface area contributed by atoms with Crippen molar-refractivity contribution in [2.75, 3.05) is 18.1 Å². The zero-order chi connectivity index (χ0) is 17.1. The van der Waals surface area contributed by atoms with E-state index in [9.17, 15) is 9.59 Å². The van der Waals surface area contributed by atoms with E-state index in [1.807, 2.05) is 37.3 Å². The van der Waals surface area contributed by atoms with Crippen LogP contribution in [-0.4, -0.2) is 55.8 Å². The quantitative estimate of drug-likeness (QED) is 0.919. The molecule has 1 aromatic carbocycles. The molecule has 24 heavy (non-hydrogen) atoms. The number of rotatable bonds is 4. The van der Waals surface area contributed by atoms with Crippen LogP contribution in [0.5, 0.6) is 0 Å². The SMILES string of the molecule is Cc1c(C(=O)N2CCSCC2CC(=O)O)cnn1-c1ccccc1. The summed E-state index contributed by atoms with van der Waals surface area (Å²) in [5.41, 5.74) is 2.19. The molecule has 1 fully saturated rings. The Morgan fingerprint density at radius 3 is 2.79 bits per heavy atom. The summed E-state index contributed by atoms with van der Waals surface area (Å²) in [5.74, 6) is 0.468. The molecule has 0 saturated carbocycles. The highest BCUT2D eigenvalue weighted by Crippen LogP contribution is 2.23. The number of para-hydroxylation sites is 1. The third kappa shape index (κ3) is 3.31. The van der Waals surface area contributed by atoms with Gasteiger partial charge in [0.2, 0.25) is 0 Å². The molecule has 3 rings (SSSR count). The molecule has 126 valence electrons. The summed E-state index contributed by atoms with van der Waals surface area (Å²) in [7, 11) is 0. The second-order valence-corrected chi connectivity index (χ2v) is 6.87. The zero-order valence-electron chi connectivity index (χ0n) is 13.4. The van der Waals surface area contributed by atoms with Crippen LogP contribution in [0.4, 0.5) is 0 Å². The highest BCUT2D eigenvalue weighted by molar-refractivity contribution is 7.99. The molecule has 1 amide bonds. The topological polar surface area (TPSA) is 75.4 Å². The number of carboxylic acid groups (broad SMARTS) is 1. The average Bonchev–Trinajstić information content (AvgIpc) is 2.96. The van der Waals surface area contributed by atoms with Crippen molar-refractivity contribution < 1.29 is 14.7 Å². The number of benzene rings is 1. The van der Waals surface area contributed by atoms with E-state index in [0.717, 1.165) is 17.1 Å². The minimum absolute atomic E-state index is 0.0232. The summed E-state index contributed by atoms with van der Waals surface area (Å²) in [6, 6.07) is 9.35. The Labute approximate surface area is 144 Å². The average molecular weight is 345 g/mol. The van der Waals surface area contributed by atoms with Gasteiger partial charge in [-0.1, -0.05) is 18.2 Å². The van der Waals surface area contributed by atoms with Crippen LogP contribution in [-0.2, 0) is 4.79 Å². The van der Waals surface area contributed by atoms with Crippen LogP contribution in [0.2, 0.25) is 0 Å². The molecule has 0 spiro atoms. The standard InChI is InChI=1S/C17H19N3O3S/c1-12-15(10-18-20(12)13-5-3-2-4-6-13)17(23)19-7-8-24-11-14(19)9-16(21)22/h2-6,10,14H,7-9,11H2,1H3,(H,21,22). The molecule has 7 heteroatoms. The van der Waals surface area contributed by atoms with Crippen molar-refractivity contribution in [3.8, 4) is 5.69 Å². The van der Waals surface area contributed by atoms with Gasteiger partial charge < -0.3 is 10.0 Å². The van der Waals surface area contributed by atoms with Crippen molar-refractivity contribution in [1.29, 1.82) is 0 Å². The van der Waals surface area contributed by atoms with E-state index in [-0.39, 0.29) is 18.4 Å². The molecule has 0 aliphatic carbocycles. The maximum atomic E-state index is 12.9. The number of hydrogen-bond donors (Lipinski definition) is 1. The smallest absolute Gasteiger partial charge is 0.305 e. The fourth-order valence-corrected chi connectivity index (χ4v) is 3.96. The first kappa shape index (κ1) is 16.6. The van der Waals surface area contributed by atoms with Crippen molar-refractivity contribution in [3.63, 3.8) is 0 Å². The second kappa shape index (κ2) is 7.09. The number of aliphatic carboxylic acids is 1. The lowest BCUT2D eigenvalue weighted by Gasteiger charge is -2.34. The lowest BCUT2D eigenvalue weighted by atomic mass is 10.1. The zero-order valence-corrected chi connectivity index (χ0v) is 14.2. The Morgan fingerprint density at radius 1 is 1.33 bits per heavy atom. The Morgan fingerprint density at radius 2 is 2.08 bits per heavy atom. The van der Waals surface area contributed by atoms with Gasteiger partial charge in [0.15, 0.2) is 0 Å². The van der Waals surface area contributed by atoms with Crippen molar-refractivity contribution in [2.45, 2.75) is 19.4 Å². The molecule has 1 saturated heterocycles. The number of carbonyl (C=O) groups excluding carboxylic acids is 1. The van der Waals surface area contributed by atoms with E-state index < -0.39 is 5.97 Å². The molecule has 1 N–H and O–H groups in total. The van der Waals surface area contributed by atoms with Crippen molar-refractivity contribution in [2.24, 2.45) is 0 Å². The van der Waals surface area contributed by atoms with Gasteiger partial charge >= 0.3 is 5.97 Å². The van der Waals surface area contributed by atoms with Crippen LogP contribution in [0.15, 0.2) is 36.5 Å². The molecule has 1 atom stereocenters. The van der Waals surface area contributed by atoms with E-state index in [2.05, 4.69) is 5.10 Å². The van der Waals surface area contributed by atoms with E-state index in [1.54, 1.807) is 27.5 Å². The molecule has 6 nitrogen and oxygen atoms in total. The molecule has 1 aromatic heterocycles. The van der Waals surface area contributed by atoms with Gasteiger partial charge in [-0.2, -0.15) is 16.9 Å². The maximum Gasteiger partial charge on any atom is 0.305 e. The molecular weight excluding hydrogens is 326 g/mol. The number of thioether (sulfide) groups is 1. The summed E-state index contributed by atoms with van der Waals surface area (Å²) < 4.78 is 1.73. The Balaban J connectivity index is 1.87. The summed E-state index contributed by atoms with van der Waals surface area (Å²) in [6.07, 6.45) is 1.55. The maximum absolute atomic E-state index is 12.9. The number of amides is 1. The number of hydrogen-bond acceptors (Lipinski definition) is 4. The fourth-order valence-electron chi connectivity index (χ4n) is 2.90. The highest BCUT2D eigenvalue weighted by atomic mass is 32.2. The van der Waals surface area contributed by atoms with Crippen molar-refractivity contribution in [1.82, 2.24) is 14.7 Å². The minimum Gasteiger partial charge on any atom is -0.481 e. The lowest BCUT2D eigenvalue weighted by molar-refractivity contribution is -0.138. The second-order valence-electron chi connectivity index (χ2n) is 5.72. The van der Waals surface area contributed by atoms with E-state index in [4.69, 9.17) is 5.11 Å². The molecule has 1 aliphatic rings. The van der Waals surface area contributed by atoms with E-state index in [1.165, 1.54) is 0 Å². The van der Waals surface area contributed by atoms with Gasteiger partial charge in [0.25, 0.3) is 5.91 Å². The van der Waals surface area contributed by atoms with Gasteiger partial charge in [0.1, 0.15) is 0 Å². The Hall–Kier alpha value is -2.28. The minimum atomic E-state index is -0.878. The molecule has 0 bridgehead atoms. The van der Waals surface area contributed by atoms with Gasteiger partial charge in [-0.25, -0.2) is 4.68 Å². The largest absolute Gasteiger partial charge is 0.481 e. The van der Waals surface area contributed by atoms with Crippen LogP contribution in [0.25, 0.3) is 5.69 Å². The van der Waals surface area contributed by atoms with Crippen LogP contribution in [0, 0.1) is 6.92 Å². The molecule has 2 heterocycles. The molecule has 0 radical (unpaired) electrons. The van der Waals surface area contributed by atoms with Crippen LogP contribution in [0.3, 0.4) is 0 Å². The molecule has 2 aromatic rings. The van der Waals surface area contributed by atoms with Gasteiger partial charge in [-0.05, 0) is 19.1 Å². The van der Waals surface area contributed by atoms with Crippen LogP contribution < -0.4 is 0 Å². The number of carbonyl (C=O) groups is 2. The molecular formula is C17H19N3O3S. The van der Waals surface area contributed by atoms with Gasteiger partial charge in [-0.15, -0.1) is 0 Å². The summed E-state index contributed by atoms with van der Waals surface area (Å²) >= 11 is 1.69. The first-order valence-corrected chi connectivity index (χ1v) is 8.94. The molecule has 1 aliphatic heterocycles. The monoisotopic (exact) mass is 345 g/mol. The van der Waals surface area contributed by atoms with E-state index >= 15 is 0 Å². The lowest BCUT2D eigenvalue weighted by Crippen LogP contribution is -2.47. The van der Waals surface area contributed by atoms with Gasteiger partial charge in [0.05, 0.1) is 35.6 Å². The first-order chi connectivity index (χ1) is 11.6. The van der Waals surface area contributed by atoms with Crippen LogP contribution in [0.1, 0.15) is 22.5 Å². The Kier molecular flexibility index (Phi) is 4.89. The number of carboxylic acids is 1.